The Balaban J connectivity index is 1.75. The number of benzene rings is 1. The molecule has 1 aromatic carbocycles. The molecule has 1 aliphatic heterocycles. The highest BCUT2D eigenvalue weighted by molar-refractivity contribution is 5.80. The average molecular weight is 372 g/mol. The topological polar surface area (TPSA) is 24.4 Å². The summed E-state index contributed by atoms with van der Waals surface area (Å²) in [5, 5.41) is 3.46. The number of hydrogen-bond donors (Lipinski definition) is 1. The molecule has 0 saturated carbocycles. The van der Waals surface area contributed by atoms with Crippen molar-refractivity contribution < 1.29 is 4.39 Å². The van der Waals surface area contributed by atoms with Crippen LogP contribution in [0.2, 0.25) is 0 Å². The second kappa shape index (κ2) is 7.23. The minimum Gasteiger partial charge on any atom is -0.359 e. The van der Waals surface area contributed by atoms with Gasteiger partial charge in [0.05, 0.1) is 0 Å². The molecule has 2 atom stereocenters. The van der Waals surface area contributed by atoms with Crippen LogP contribution in [0.4, 0.5) is 4.39 Å². The summed E-state index contributed by atoms with van der Waals surface area (Å²) in [5.41, 5.74) is 6.19. The molecular weight excluding hydrogens is 347 g/mol. The zero-order valence-electron chi connectivity index (χ0n) is 16.4. The molecule has 142 valence electrons. The minimum atomic E-state index is -0.407. The highest BCUT2D eigenvalue weighted by atomic mass is 19.1. The quantitative estimate of drug-likeness (QED) is 0.519. The van der Waals surface area contributed by atoms with Crippen molar-refractivity contribution >= 4 is 12.3 Å². The molecule has 2 unspecified atom stereocenters. The fraction of sp³-hybridized carbons (Fsp3) is 0.240. The lowest BCUT2D eigenvalue weighted by atomic mass is 9.62. The first-order valence-corrected chi connectivity index (χ1v) is 9.71. The Labute approximate surface area is 166 Å². The van der Waals surface area contributed by atoms with Gasteiger partial charge in [-0.3, -0.25) is 4.99 Å². The Kier molecular flexibility index (Phi) is 4.76. The van der Waals surface area contributed by atoms with E-state index in [1.54, 1.807) is 18.2 Å². The van der Waals surface area contributed by atoms with Gasteiger partial charge in [0.1, 0.15) is 11.4 Å². The molecule has 0 fully saturated rings. The lowest BCUT2D eigenvalue weighted by Gasteiger charge is -2.47. The molecule has 1 N–H and O–H groups in total. The van der Waals surface area contributed by atoms with Crippen molar-refractivity contribution in [2.45, 2.75) is 32.2 Å². The largest absolute Gasteiger partial charge is 0.359 e. The third kappa shape index (κ3) is 3.11. The van der Waals surface area contributed by atoms with Gasteiger partial charge in [-0.15, -0.1) is 0 Å². The molecule has 0 aromatic heterocycles. The minimum absolute atomic E-state index is 0.225. The van der Waals surface area contributed by atoms with Crippen LogP contribution < -0.4 is 5.32 Å². The van der Waals surface area contributed by atoms with E-state index in [4.69, 9.17) is 4.99 Å². The first-order valence-electron chi connectivity index (χ1n) is 9.71. The van der Waals surface area contributed by atoms with Gasteiger partial charge in [0.25, 0.3) is 0 Å². The summed E-state index contributed by atoms with van der Waals surface area (Å²) in [6, 6.07) is 6.76. The summed E-state index contributed by atoms with van der Waals surface area (Å²) in [7, 11) is 0. The Morgan fingerprint density at radius 2 is 2.11 bits per heavy atom. The molecule has 1 aromatic rings. The van der Waals surface area contributed by atoms with E-state index in [1.165, 1.54) is 28.5 Å². The first-order chi connectivity index (χ1) is 13.5. The number of halogens is 1. The smallest absolute Gasteiger partial charge is 0.130 e. The third-order valence-corrected chi connectivity index (χ3v) is 5.73. The SMILES string of the molecule is C=C1C=CC2=C(CC3C=C(C)CC2(/N=C/C=C/c2ccccc2F)/C3=C/C)N1. The van der Waals surface area contributed by atoms with E-state index in [1.807, 2.05) is 24.4 Å². The Bertz CT molecular complexity index is 1000. The number of allylic oxidation sites excluding steroid dienone is 5. The molecule has 0 amide bonds. The van der Waals surface area contributed by atoms with Gasteiger partial charge in [-0.05, 0) is 44.1 Å². The van der Waals surface area contributed by atoms with E-state index in [-0.39, 0.29) is 5.82 Å². The van der Waals surface area contributed by atoms with Crippen LogP contribution in [0.5, 0.6) is 0 Å². The van der Waals surface area contributed by atoms with Gasteiger partial charge in [-0.25, -0.2) is 4.39 Å². The fourth-order valence-electron chi connectivity index (χ4n) is 4.65. The predicted molar refractivity (Wildman–Crippen MR) is 115 cm³/mol. The zero-order chi connectivity index (χ0) is 19.7. The van der Waals surface area contributed by atoms with E-state index >= 15 is 0 Å². The molecule has 3 heteroatoms. The molecule has 0 radical (unpaired) electrons. The number of nitrogens with one attached hydrogen (secondary N) is 1. The van der Waals surface area contributed by atoms with Crippen LogP contribution in [0.3, 0.4) is 0 Å². The predicted octanol–water partition coefficient (Wildman–Crippen LogP) is 5.89. The van der Waals surface area contributed by atoms with E-state index in [0.29, 0.717) is 11.5 Å². The number of nitrogens with zero attached hydrogens (tertiary/aromatic N) is 1. The van der Waals surface area contributed by atoms with E-state index in [2.05, 4.69) is 44.0 Å². The van der Waals surface area contributed by atoms with Gasteiger partial charge in [0.2, 0.25) is 0 Å². The van der Waals surface area contributed by atoms with Crippen molar-refractivity contribution in [3.63, 3.8) is 0 Å². The summed E-state index contributed by atoms with van der Waals surface area (Å²) >= 11 is 0. The molecule has 4 rings (SSSR count). The zero-order valence-corrected chi connectivity index (χ0v) is 16.4. The summed E-state index contributed by atoms with van der Waals surface area (Å²) in [6.45, 7) is 8.33. The molecule has 0 spiro atoms. The third-order valence-electron chi connectivity index (χ3n) is 5.73. The summed E-state index contributed by atoms with van der Waals surface area (Å²) in [4.78, 5) is 5.07. The Morgan fingerprint density at radius 3 is 2.89 bits per heavy atom. The van der Waals surface area contributed by atoms with Gasteiger partial charge >= 0.3 is 0 Å². The molecule has 2 bridgehead atoms. The van der Waals surface area contributed by atoms with Crippen LogP contribution in [0.25, 0.3) is 6.08 Å². The number of hydrogen-bond acceptors (Lipinski definition) is 2. The second-order valence-corrected chi connectivity index (χ2v) is 7.64. The van der Waals surface area contributed by atoms with Gasteiger partial charge in [-0.2, -0.15) is 0 Å². The number of aliphatic imine (C=N–C) groups is 1. The van der Waals surface area contributed by atoms with Crippen molar-refractivity contribution in [1.82, 2.24) is 5.32 Å². The van der Waals surface area contributed by atoms with Crippen molar-refractivity contribution in [3.05, 3.63) is 101 Å². The molecule has 2 nitrogen and oxygen atoms in total. The molecule has 28 heavy (non-hydrogen) atoms. The average Bonchev–Trinajstić information content (AvgIpc) is 2.65. The van der Waals surface area contributed by atoms with E-state index < -0.39 is 5.54 Å². The molecular formula is C25H25FN2. The van der Waals surface area contributed by atoms with Crippen molar-refractivity contribution in [2.75, 3.05) is 0 Å². The van der Waals surface area contributed by atoms with Crippen molar-refractivity contribution in [1.29, 1.82) is 0 Å². The summed E-state index contributed by atoms with van der Waals surface area (Å²) in [6.07, 6.45) is 16.0. The van der Waals surface area contributed by atoms with Gasteiger partial charge < -0.3 is 5.32 Å². The Hall–Kier alpha value is -2.94. The van der Waals surface area contributed by atoms with Crippen LogP contribution in [0.15, 0.2) is 94.3 Å². The van der Waals surface area contributed by atoms with Crippen LogP contribution >= 0.6 is 0 Å². The van der Waals surface area contributed by atoms with Gasteiger partial charge in [0.15, 0.2) is 0 Å². The van der Waals surface area contributed by atoms with Crippen LogP contribution in [-0.4, -0.2) is 11.8 Å². The van der Waals surface area contributed by atoms with Crippen LogP contribution in [0.1, 0.15) is 32.3 Å². The number of fused-ring (bicyclic) bond motifs is 3. The second-order valence-electron chi connectivity index (χ2n) is 7.64. The normalized spacial score (nSPS) is 28.1. The first kappa shape index (κ1) is 18.4. The maximum absolute atomic E-state index is 13.9. The fourth-order valence-corrected chi connectivity index (χ4v) is 4.65. The highest BCUT2D eigenvalue weighted by Gasteiger charge is 2.47. The van der Waals surface area contributed by atoms with Crippen molar-refractivity contribution in [3.8, 4) is 0 Å². The standard InChI is InChI=1S/C25H25FN2/c1-4-21-20-14-17(2)16-25(21,22-12-11-18(3)28-24(22)15-20)27-13-7-9-19-8-5-6-10-23(19)26/h4-14,20,28H,3,15-16H2,1-2H3/b9-7+,21-4+,27-13+. The summed E-state index contributed by atoms with van der Waals surface area (Å²) < 4.78 is 13.9. The Morgan fingerprint density at radius 1 is 1.29 bits per heavy atom. The lowest BCUT2D eigenvalue weighted by molar-refractivity contribution is 0.453. The lowest BCUT2D eigenvalue weighted by Crippen LogP contribution is -2.44. The summed E-state index contributed by atoms with van der Waals surface area (Å²) in [5.74, 6) is 0.119. The molecule has 2 aliphatic carbocycles. The van der Waals surface area contributed by atoms with Crippen LogP contribution in [-0.2, 0) is 0 Å². The van der Waals surface area contributed by atoms with Gasteiger partial charge in [0, 0.05) is 41.1 Å². The number of rotatable bonds is 3. The maximum Gasteiger partial charge on any atom is 0.130 e. The van der Waals surface area contributed by atoms with Crippen LogP contribution in [0, 0.1) is 11.7 Å². The molecule has 3 aliphatic rings. The van der Waals surface area contributed by atoms with E-state index in [0.717, 1.165) is 18.5 Å². The highest BCUT2D eigenvalue weighted by Crippen LogP contribution is 2.51. The number of dihydropyridines is 1. The van der Waals surface area contributed by atoms with Crippen molar-refractivity contribution in [2.24, 2.45) is 10.9 Å². The van der Waals surface area contributed by atoms with E-state index in [9.17, 15) is 4.39 Å². The maximum atomic E-state index is 13.9. The van der Waals surface area contributed by atoms with Gasteiger partial charge in [-0.1, -0.05) is 54.7 Å². The molecule has 0 saturated heterocycles. The monoisotopic (exact) mass is 372 g/mol. The molecule has 1 heterocycles.